The third-order valence-electron chi connectivity index (χ3n) is 3.64. The molecule has 0 saturated heterocycles. The van der Waals surface area contributed by atoms with Crippen molar-refractivity contribution in [2.75, 3.05) is 7.11 Å². The molecule has 5 nitrogen and oxygen atoms in total. The maximum Gasteiger partial charge on any atom is 0.339 e. The average molecular weight is 402 g/mol. The van der Waals surface area contributed by atoms with Crippen LogP contribution in [0.15, 0.2) is 57.5 Å². The zero-order chi connectivity index (χ0) is 17.8. The molecule has 3 rings (SSSR count). The van der Waals surface area contributed by atoms with Gasteiger partial charge in [-0.3, -0.25) is 0 Å². The number of halogens is 1. The van der Waals surface area contributed by atoms with Crippen LogP contribution >= 0.6 is 15.9 Å². The number of aryl methyl sites for hydroxylation is 1. The summed E-state index contributed by atoms with van der Waals surface area (Å²) in [5, 5.41) is 3.95. The van der Waals surface area contributed by atoms with Crippen LogP contribution in [-0.2, 0) is 11.3 Å². The molecule has 1 heterocycles. The fourth-order valence-electron chi connectivity index (χ4n) is 2.24. The van der Waals surface area contributed by atoms with Crippen molar-refractivity contribution >= 4 is 21.9 Å². The molecule has 0 aliphatic carbocycles. The van der Waals surface area contributed by atoms with Crippen LogP contribution in [0, 0.1) is 6.92 Å². The SMILES string of the molecule is COc1ccc(Br)c(C(=O)OCc2cc(-c3ccc(C)cc3)on2)c1. The molecule has 2 aromatic carbocycles. The lowest BCUT2D eigenvalue weighted by Crippen LogP contribution is -2.06. The van der Waals surface area contributed by atoms with Gasteiger partial charge in [-0.1, -0.05) is 35.0 Å². The molecule has 0 radical (unpaired) electrons. The number of carbonyl (C=O) groups excluding carboxylic acids is 1. The lowest BCUT2D eigenvalue weighted by molar-refractivity contribution is 0.0463. The molecule has 0 aliphatic heterocycles. The summed E-state index contributed by atoms with van der Waals surface area (Å²) in [5.74, 6) is 0.748. The number of nitrogens with zero attached hydrogens (tertiary/aromatic N) is 1. The summed E-state index contributed by atoms with van der Waals surface area (Å²) in [6, 6.07) is 14.8. The van der Waals surface area contributed by atoms with Gasteiger partial charge in [-0.15, -0.1) is 0 Å². The fraction of sp³-hybridized carbons (Fsp3) is 0.158. The third-order valence-corrected chi connectivity index (χ3v) is 4.33. The Bertz CT molecular complexity index is 887. The number of hydrogen-bond acceptors (Lipinski definition) is 5. The highest BCUT2D eigenvalue weighted by Gasteiger charge is 2.15. The summed E-state index contributed by atoms with van der Waals surface area (Å²) >= 11 is 3.34. The first-order chi connectivity index (χ1) is 12.1. The van der Waals surface area contributed by atoms with Crippen LogP contribution in [0.2, 0.25) is 0 Å². The first-order valence-corrected chi connectivity index (χ1v) is 8.39. The van der Waals surface area contributed by atoms with Crippen molar-refractivity contribution in [2.24, 2.45) is 0 Å². The molecule has 128 valence electrons. The van der Waals surface area contributed by atoms with Gasteiger partial charge in [-0.25, -0.2) is 4.79 Å². The number of ether oxygens (including phenoxy) is 2. The van der Waals surface area contributed by atoms with E-state index in [0.717, 1.165) is 5.56 Å². The Balaban J connectivity index is 1.68. The maximum atomic E-state index is 12.3. The van der Waals surface area contributed by atoms with E-state index >= 15 is 0 Å². The van der Waals surface area contributed by atoms with E-state index in [1.165, 1.54) is 5.56 Å². The van der Waals surface area contributed by atoms with E-state index in [9.17, 15) is 4.79 Å². The standard InChI is InChI=1S/C19H16BrNO4/c1-12-3-5-13(6-4-12)18-9-14(21-25-18)11-24-19(22)16-10-15(23-2)7-8-17(16)20/h3-10H,11H2,1-2H3. The Morgan fingerprint density at radius 3 is 2.64 bits per heavy atom. The van der Waals surface area contributed by atoms with Gasteiger partial charge in [0.1, 0.15) is 18.1 Å². The van der Waals surface area contributed by atoms with Gasteiger partial charge < -0.3 is 14.0 Å². The summed E-state index contributed by atoms with van der Waals surface area (Å²) in [7, 11) is 1.54. The van der Waals surface area contributed by atoms with E-state index in [1.54, 1.807) is 31.4 Å². The lowest BCUT2D eigenvalue weighted by Gasteiger charge is -2.06. The summed E-state index contributed by atoms with van der Waals surface area (Å²) in [5.41, 5.74) is 3.03. The molecule has 3 aromatic rings. The van der Waals surface area contributed by atoms with Crippen LogP contribution in [0.5, 0.6) is 5.75 Å². The van der Waals surface area contributed by atoms with E-state index < -0.39 is 5.97 Å². The molecule has 0 spiro atoms. The topological polar surface area (TPSA) is 61.6 Å². The molecule has 0 fully saturated rings. The molecular weight excluding hydrogens is 386 g/mol. The lowest BCUT2D eigenvalue weighted by atomic mass is 10.1. The minimum atomic E-state index is -0.467. The van der Waals surface area contributed by atoms with Crippen molar-refractivity contribution in [3.05, 3.63) is 69.8 Å². The van der Waals surface area contributed by atoms with Crippen LogP contribution in [0.25, 0.3) is 11.3 Å². The molecule has 0 N–H and O–H groups in total. The van der Waals surface area contributed by atoms with E-state index in [4.69, 9.17) is 14.0 Å². The summed E-state index contributed by atoms with van der Waals surface area (Å²) < 4.78 is 16.4. The normalized spacial score (nSPS) is 10.5. The van der Waals surface area contributed by atoms with Gasteiger partial charge in [0.2, 0.25) is 0 Å². The Hall–Kier alpha value is -2.60. The monoisotopic (exact) mass is 401 g/mol. The van der Waals surface area contributed by atoms with Crippen LogP contribution in [-0.4, -0.2) is 18.2 Å². The molecule has 6 heteroatoms. The van der Waals surface area contributed by atoms with E-state index in [1.807, 2.05) is 31.2 Å². The Labute approximate surface area is 153 Å². The van der Waals surface area contributed by atoms with Gasteiger partial charge >= 0.3 is 5.97 Å². The second-order valence-corrected chi connectivity index (χ2v) is 6.32. The molecule has 0 aliphatic rings. The summed E-state index contributed by atoms with van der Waals surface area (Å²) in [6.07, 6.45) is 0. The van der Waals surface area contributed by atoms with E-state index in [0.29, 0.717) is 27.2 Å². The van der Waals surface area contributed by atoms with Gasteiger partial charge in [0.15, 0.2) is 5.76 Å². The number of benzene rings is 2. The second kappa shape index (κ2) is 7.53. The van der Waals surface area contributed by atoms with Crippen molar-refractivity contribution in [3.8, 4) is 17.1 Å². The highest BCUT2D eigenvalue weighted by atomic mass is 79.9. The zero-order valence-electron chi connectivity index (χ0n) is 13.8. The molecule has 25 heavy (non-hydrogen) atoms. The van der Waals surface area contributed by atoms with E-state index in [2.05, 4.69) is 21.1 Å². The van der Waals surface area contributed by atoms with Gasteiger partial charge in [-0.2, -0.15) is 0 Å². The van der Waals surface area contributed by atoms with Crippen LogP contribution in [0.4, 0.5) is 0 Å². The summed E-state index contributed by atoms with van der Waals surface area (Å²) in [4.78, 5) is 12.3. The second-order valence-electron chi connectivity index (χ2n) is 5.47. The average Bonchev–Trinajstić information content (AvgIpc) is 3.09. The number of aromatic nitrogens is 1. The van der Waals surface area contributed by atoms with Crippen molar-refractivity contribution in [1.82, 2.24) is 5.16 Å². The number of esters is 1. The van der Waals surface area contributed by atoms with Crippen LogP contribution < -0.4 is 4.74 Å². The van der Waals surface area contributed by atoms with E-state index in [-0.39, 0.29) is 6.61 Å². The summed E-state index contributed by atoms with van der Waals surface area (Å²) in [6.45, 7) is 2.05. The Morgan fingerprint density at radius 2 is 1.92 bits per heavy atom. The smallest absolute Gasteiger partial charge is 0.339 e. The first-order valence-electron chi connectivity index (χ1n) is 7.60. The molecule has 0 atom stereocenters. The first kappa shape index (κ1) is 17.2. The molecule has 0 unspecified atom stereocenters. The van der Waals surface area contributed by atoms with Gasteiger partial charge in [0, 0.05) is 16.1 Å². The highest BCUT2D eigenvalue weighted by Crippen LogP contribution is 2.24. The molecule has 0 saturated carbocycles. The molecule has 0 amide bonds. The zero-order valence-corrected chi connectivity index (χ0v) is 15.4. The minimum absolute atomic E-state index is 0.0256. The third kappa shape index (κ3) is 4.09. The van der Waals surface area contributed by atoms with Gasteiger partial charge in [-0.05, 0) is 41.1 Å². The Morgan fingerprint density at radius 1 is 1.16 bits per heavy atom. The van der Waals surface area contributed by atoms with Crippen molar-refractivity contribution in [1.29, 1.82) is 0 Å². The molecule has 1 aromatic heterocycles. The Kier molecular flexibility index (Phi) is 5.19. The van der Waals surface area contributed by atoms with Crippen molar-refractivity contribution in [3.63, 3.8) is 0 Å². The van der Waals surface area contributed by atoms with Crippen molar-refractivity contribution < 1.29 is 18.8 Å². The molecular formula is C19H16BrNO4. The van der Waals surface area contributed by atoms with Gasteiger partial charge in [0.25, 0.3) is 0 Å². The van der Waals surface area contributed by atoms with Crippen LogP contribution in [0.3, 0.4) is 0 Å². The minimum Gasteiger partial charge on any atom is -0.497 e. The largest absolute Gasteiger partial charge is 0.497 e. The molecule has 0 bridgehead atoms. The van der Waals surface area contributed by atoms with Gasteiger partial charge in [0.05, 0.1) is 12.7 Å². The van der Waals surface area contributed by atoms with Crippen LogP contribution in [0.1, 0.15) is 21.6 Å². The number of methoxy groups -OCH3 is 1. The van der Waals surface area contributed by atoms with Crippen molar-refractivity contribution in [2.45, 2.75) is 13.5 Å². The number of hydrogen-bond donors (Lipinski definition) is 0. The predicted octanol–water partition coefficient (Wildman–Crippen LogP) is 4.78. The highest BCUT2D eigenvalue weighted by molar-refractivity contribution is 9.10. The maximum absolute atomic E-state index is 12.3. The number of rotatable bonds is 5. The predicted molar refractivity (Wildman–Crippen MR) is 96.5 cm³/mol. The quantitative estimate of drug-likeness (QED) is 0.575. The fourth-order valence-corrected chi connectivity index (χ4v) is 2.65. The number of carbonyl (C=O) groups is 1.